The van der Waals surface area contributed by atoms with Crippen LogP contribution in [0.4, 0.5) is 0 Å². The van der Waals surface area contributed by atoms with Crippen molar-refractivity contribution in [2.45, 2.75) is 49.6 Å². The molecule has 2 fully saturated rings. The standard InChI is InChI=1S/C18H28N2S/c1-15-10-11-19-18(2,16-8-9-16)14-20(15)12-13-21-17-6-4-3-5-7-17/h3-7,15-16,19H,8-14H2,1-2H3. The lowest BCUT2D eigenvalue weighted by molar-refractivity contribution is 0.171. The molecule has 2 atom stereocenters. The zero-order valence-corrected chi connectivity index (χ0v) is 14.2. The van der Waals surface area contributed by atoms with Gasteiger partial charge in [0.05, 0.1) is 0 Å². The highest BCUT2D eigenvalue weighted by Gasteiger charge is 2.43. The molecule has 3 rings (SSSR count). The van der Waals surface area contributed by atoms with Crippen molar-refractivity contribution in [3.8, 4) is 0 Å². The van der Waals surface area contributed by atoms with Gasteiger partial charge < -0.3 is 5.32 Å². The van der Waals surface area contributed by atoms with Crippen molar-refractivity contribution >= 4 is 11.8 Å². The summed E-state index contributed by atoms with van der Waals surface area (Å²) >= 11 is 1.98. The maximum atomic E-state index is 3.84. The predicted octanol–water partition coefficient (Wildman–Crippen LogP) is 3.63. The summed E-state index contributed by atoms with van der Waals surface area (Å²) in [5.41, 5.74) is 0.349. The van der Waals surface area contributed by atoms with Gasteiger partial charge in [-0.25, -0.2) is 0 Å². The molecule has 1 saturated heterocycles. The molecule has 1 heterocycles. The minimum atomic E-state index is 0.349. The second-order valence-corrected chi connectivity index (χ2v) is 8.06. The van der Waals surface area contributed by atoms with Gasteiger partial charge >= 0.3 is 0 Å². The van der Waals surface area contributed by atoms with Crippen LogP contribution in [-0.2, 0) is 0 Å². The van der Waals surface area contributed by atoms with E-state index in [9.17, 15) is 0 Å². The first-order valence-corrected chi connectivity index (χ1v) is 9.33. The fraction of sp³-hybridized carbons (Fsp3) is 0.667. The molecule has 1 aromatic rings. The highest BCUT2D eigenvalue weighted by molar-refractivity contribution is 7.99. The third-order valence-electron chi connectivity index (χ3n) is 5.11. The molecule has 2 unspecified atom stereocenters. The number of benzene rings is 1. The third kappa shape index (κ3) is 4.02. The van der Waals surface area contributed by atoms with Crippen molar-refractivity contribution in [3.05, 3.63) is 30.3 Å². The van der Waals surface area contributed by atoms with E-state index in [-0.39, 0.29) is 0 Å². The van der Waals surface area contributed by atoms with Crippen LogP contribution in [0.15, 0.2) is 35.2 Å². The van der Waals surface area contributed by atoms with Crippen LogP contribution < -0.4 is 5.32 Å². The van der Waals surface area contributed by atoms with Crippen LogP contribution in [0.2, 0.25) is 0 Å². The normalized spacial score (nSPS) is 31.0. The first-order valence-electron chi connectivity index (χ1n) is 8.34. The number of hydrogen-bond acceptors (Lipinski definition) is 3. The van der Waals surface area contributed by atoms with E-state index in [1.807, 2.05) is 11.8 Å². The lowest BCUT2D eigenvalue weighted by atomic mass is 9.95. The second-order valence-electron chi connectivity index (χ2n) is 6.89. The summed E-state index contributed by atoms with van der Waals surface area (Å²) in [6.07, 6.45) is 4.12. The lowest BCUT2D eigenvalue weighted by Gasteiger charge is -2.35. The first kappa shape index (κ1) is 15.4. The molecule has 1 aliphatic heterocycles. The van der Waals surface area contributed by atoms with E-state index in [0.717, 1.165) is 5.92 Å². The summed E-state index contributed by atoms with van der Waals surface area (Å²) < 4.78 is 0. The topological polar surface area (TPSA) is 15.3 Å². The van der Waals surface area contributed by atoms with Gasteiger partial charge in [0.1, 0.15) is 0 Å². The minimum Gasteiger partial charge on any atom is -0.310 e. The molecule has 0 aromatic heterocycles. The Bertz CT molecular complexity index is 446. The van der Waals surface area contributed by atoms with Gasteiger partial charge in [0.25, 0.3) is 0 Å². The van der Waals surface area contributed by atoms with Crippen LogP contribution in [-0.4, -0.2) is 41.9 Å². The van der Waals surface area contributed by atoms with E-state index in [0.29, 0.717) is 11.6 Å². The molecule has 1 aromatic carbocycles. The predicted molar refractivity (Wildman–Crippen MR) is 91.9 cm³/mol. The van der Waals surface area contributed by atoms with Gasteiger partial charge in [0.15, 0.2) is 0 Å². The van der Waals surface area contributed by atoms with E-state index >= 15 is 0 Å². The summed E-state index contributed by atoms with van der Waals surface area (Å²) in [5.74, 6) is 2.10. The van der Waals surface area contributed by atoms with Crippen molar-refractivity contribution in [2.24, 2.45) is 5.92 Å². The summed E-state index contributed by atoms with van der Waals surface area (Å²) in [7, 11) is 0. The lowest BCUT2D eigenvalue weighted by Crippen LogP contribution is -2.52. The summed E-state index contributed by atoms with van der Waals surface area (Å²) in [6, 6.07) is 11.5. The van der Waals surface area contributed by atoms with Crippen molar-refractivity contribution in [1.29, 1.82) is 0 Å². The molecule has 2 nitrogen and oxygen atoms in total. The molecule has 0 bridgehead atoms. The van der Waals surface area contributed by atoms with Crippen LogP contribution >= 0.6 is 11.8 Å². The number of thioether (sulfide) groups is 1. The van der Waals surface area contributed by atoms with Crippen molar-refractivity contribution in [2.75, 3.05) is 25.4 Å². The van der Waals surface area contributed by atoms with Gasteiger partial charge in [0, 0.05) is 35.3 Å². The summed E-state index contributed by atoms with van der Waals surface area (Å²) in [6.45, 7) is 8.43. The van der Waals surface area contributed by atoms with Crippen LogP contribution in [0.25, 0.3) is 0 Å². The fourth-order valence-corrected chi connectivity index (χ4v) is 4.38. The van der Waals surface area contributed by atoms with Crippen molar-refractivity contribution in [1.82, 2.24) is 10.2 Å². The second kappa shape index (κ2) is 6.72. The van der Waals surface area contributed by atoms with Gasteiger partial charge in [-0.1, -0.05) is 18.2 Å². The maximum absolute atomic E-state index is 3.84. The Kier molecular flexibility index (Phi) is 4.92. The molecule has 3 heteroatoms. The van der Waals surface area contributed by atoms with Crippen molar-refractivity contribution < 1.29 is 0 Å². The molecule has 1 N–H and O–H groups in total. The average Bonchev–Trinajstić information content (AvgIpc) is 3.32. The molecule has 1 saturated carbocycles. The van der Waals surface area contributed by atoms with E-state index < -0.39 is 0 Å². The third-order valence-corrected chi connectivity index (χ3v) is 6.11. The highest BCUT2D eigenvalue weighted by Crippen LogP contribution is 2.41. The van der Waals surface area contributed by atoms with Gasteiger partial charge in [-0.2, -0.15) is 0 Å². The van der Waals surface area contributed by atoms with Crippen LogP contribution in [0, 0.1) is 5.92 Å². The molecular formula is C18H28N2S. The maximum Gasteiger partial charge on any atom is 0.0308 e. The Morgan fingerprint density at radius 3 is 2.71 bits per heavy atom. The Morgan fingerprint density at radius 2 is 2.00 bits per heavy atom. The van der Waals surface area contributed by atoms with Crippen LogP contribution in [0.1, 0.15) is 33.1 Å². The van der Waals surface area contributed by atoms with Crippen LogP contribution in [0.3, 0.4) is 0 Å². The Morgan fingerprint density at radius 1 is 1.24 bits per heavy atom. The average molecular weight is 305 g/mol. The van der Waals surface area contributed by atoms with E-state index in [1.165, 1.54) is 49.5 Å². The molecule has 0 amide bonds. The molecule has 21 heavy (non-hydrogen) atoms. The summed E-state index contributed by atoms with van der Waals surface area (Å²) in [5, 5.41) is 3.84. The van der Waals surface area contributed by atoms with Gasteiger partial charge in [-0.05, 0) is 57.7 Å². The first-order chi connectivity index (χ1) is 10.2. The Hall–Kier alpha value is -0.510. The molecule has 116 valence electrons. The van der Waals surface area contributed by atoms with Crippen molar-refractivity contribution in [3.63, 3.8) is 0 Å². The number of nitrogens with one attached hydrogen (secondary N) is 1. The van der Waals surface area contributed by atoms with E-state index in [2.05, 4.69) is 54.4 Å². The largest absolute Gasteiger partial charge is 0.310 e. The van der Waals surface area contributed by atoms with E-state index in [4.69, 9.17) is 0 Å². The van der Waals surface area contributed by atoms with Gasteiger partial charge in [0.2, 0.25) is 0 Å². The Labute approximate surface area is 133 Å². The molecule has 0 radical (unpaired) electrons. The van der Waals surface area contributed by atoms with Gasteiger partial charge in [-0.3, -0.25) is 4.90 Å². The zero-order valence-electron chi connectivity index (χ0n) is 13.3. The minimum absolute atomic E-state index is 0.349. The molecule has 1 aliphatic carbocycles. The van der Waals surface area contributed by atoms with Gasteiger partial charge in [-0.15, -0.1) is 11.8 Å². The molecule has 2 aliphatic rings. The monoisotopic (exact) mass is 304 g/mol. The SMILES string of the molecule is CC1CCNC(C)(C2CC2)CN1CCSc1ccccc1. The number of nitrogens with zero attached hydrogens (tertiary/aromatic N) is 1. The molecule has 0 spiro atoms. The summed E-state index contributed by atoms with van der Waals surface area (Å²) in [4.78, 5) is 4.11. The van der Waals surface area contributed by atoms with Crippen LogP contribution in [0.5, 0.6) is 0 Å². The number of hydrogen-bond donors (Lipinski definition) is 1. The quantitative estimate of drug-likeness (QED) is 0.836. The Balaban J connectivity index is 1.54. The fourth-order valence-electron chi connectivity index (χ4n) is 3.47. The molecular weight excluding hydrogens is 276 g/mol. The highest BCUT2D eigenvalue weighted by atomic mass is 32.2. The number of rotatable bonds is 5. The van der Waals surface area contributed by atoms with E-state index in [1.54, 1.807) is 0 Å². The smallest absolute Gasteiger partial charge is 0.0308 e. The zero-order chi connectivity index (χ0) is 14.7.